The van der Waals surface area contributed by atoms with Crippen LogP contribution in [0.4, 0.5) is 4.39 Å². The third kappa shape index (κ3) is 3.69. The first-order chi connectivity index (χ1) is 9.08. The zero-order valence-electron chi connectivity index (χ0n) is 10.5. The zero-order valence-corrected chi connectivity index (χ0v) is 12.0. The van der Waals surface area contributed by atoms with Gasteiger partial charge in [0.25, 0.3) is 0 Å². The molecule has 0 aliphatic carbocycles. The molecule has 0 radical (unpaired) electrons. The van der Waals surface area contributed by atoms with E-state index in [2.05, 4.69) is 5.32 Å². The molecule has 2 aromatic rings. The lowest BCUT2D eigenvalue weighted by Gasteiger charge is -2.15. The van der Waals surface area contributed by atoms with Crippen molar-refractivity contribution >= 4 is 23.2 Å². The van der Waals surface area contributed by atoms with Gasteiger partial charge in [-0.1, -0.05) is 47.5 Å². The lowest BCUT2D eigenvalue weighted by atomic mass is 10.1. The molecule has 0 saturated heterocycles. The van der Waals surface area contributed by atoms with E-state index in [1.54, 1.807) is 12.1 Å². The molecule has 0 aliphatic rings. The van der Waals surface area contributed by atoms with E-state index in [4.69, 9.17) is 23.2 Å². The number of halogens is 3. The van der Waals surface area contributed by atoms with E-state index in [9.17, 15) is 4.39 Å². The SMILES string of the molecule is C[C@@H](NCc1ccc(F)c(Cl)c1)c1ccccc1Cl. The number of hydrogen-bond donors (Lipinski definition) is 1. The standard InChI is InChI=1S/C15H14Cl2FN/c1-10(12-4-2-3-5-13(12)16)19-9-11-6-7-15(18)14(17)8-11/h2-8,10,19H,9H2,1H3/t10-/m1/s1. The molecule has 0 saturated carbocycles. The Kier molecular flexibility index (Phi) is 4.81. The molecular weight excluding hydrogens is 284 g/mol. The van der Waals surface area contributed by atoms with E-state index in [0.29, 0.717) is 6.54 Å². The van der Waals surface area contributed by atoms with Crippen LogP contribution in [0, 0.1) is 5.82 Å². The van der Waals surface area contributed by atoms with Crippen molar-refractivity contribution in [3.8, 4) is 0 Å². The van der Waals surface area contributed by atoms with E-state index in [0.717, 1.165) is 16.1 Å². The summed E-state index contributed by atoms with van der Waals surface area (Å²) in [6, 6.07) is 12.5. The van der Waals surface area contributed by atoms with Gasteiger partial charge in [-0.15, -0.1) is 0 Å². The largest absolute Gasteiger partial charge is 0.306 e. The maximum atomic E-state index is 13.0. The summed E-state index contributed by atoms with van der Waals surface area (Å²) in [5.41, 5.74) is 1.97. The Labute approximate surface area is 122 Å². The van der Waals surface area contributed by atoms with Crippen LogP contribution in [0.15, 0.2) is 42.5 Å². The molecule has 2 rings (SSSR count). The molecule has 100 valence electrons. The summed E-state index contributed by atoms with van der Waals surface area (Å²) >= 11 is 11.9. The highest BCUT2D eigenvalue weighted by Crippen LogP contribution is 2.23. The van der Waals surface area contributed by atoms with Gasteiger partial charge in [-0.05, 0) is 36.2 Å². The van der Waals surface area contributed by atoms with Gasteiger partial charge in [0.05, 0.1) is 5.02 Å². The molecule has 19 heavy (non-hydrogen) atoms. The van der Waals surface area contributed by atoms with Gasteiger partial charge in [-0.2, -0.15) is 0 Å². The average molecular weight is 298 g/mol. The van der Waals surface area contributed by atoms with Crippen molar-refractivity contribution in [2.24, 2.45) is 0 Å². The third-order valence-electron chi connectivity index (χ3n) is 2.97. The van der Waals surface area contributed by atoms with Crippen molar-refractivity contribution in [1.82, 2.24) is 5.32 Å². The average Bonchev–Trinajstić information content (AvgIpc) is 2.40. The second-order valence-corrected chi connectivity index (χ2v) is 5.19. The molecule has 4 heteroatoms. The van der Waals surface area contributed by atoms with Crippen LogP contribution < -0.4 is 5.32 Å². The van der Waals surface area contributed by atoms with E-state index < -0.39 is 5.82 Å². The van der Waals surface area contributed by atoms with Crippen LogP contribution in [-0.2, 0) is 6.54 Å². The highest BCUT2D eigenvalue weighted by molar-refractivity contribution is 6.31. The molecular formula is C15H14Cl2FN. The van der Waals surface area contributed by atoms with Crippen molar-refractivity contribution in [3.63, 3.8) is 0 Å². The predicted molar refractivity (Wildman–Crippen MR) is 78.1 cm³/mol. The maximum Gasteiger partial charge on any atom is 0.141 e. The van der Waals surface area contributed by atoms with Crippen LogP contribution in [0.3, 0.4) is 0 Å². The Morgan fingerprint density at radius 2 is 1.84 bits per heavy atom. The lowest BCUT2D eigenvalue weighted by Crippen LogP contribution is -2.18. The van der Waals surface area contributed by atoms with Crippen molar-refractivity contribution in [2.75, 3.05) is 0 Å². The molecule has 0 heterocycles. The van der Waals surface area contributed by atoms with E-state index in [1.165, 1.54) is 6.07 Å². The molecule has 1 atom stereocenters. The molecule has 1 N–H and O–H groups in total. The molecule has 0 amide bonds. The Bertz CT molecular complexity index is 572. The van der Waals surface area contributed by atoms with Crippen LogP contribution >= 0.6 is 23.2 Å². The molecule has 0 aliphatic heterocycles. The van der Waals surface area contributed by atoms with Crippen LogP contribution in [0.25, 0.3) is 0 Å². The van der Waals surface area contributed by atoms with E-state index >= 15 is 0 Å². The van der Waals surface area contributed by atoms with Crippen LogP contribution in [0.5, 0.6) is 0 Å². The molecule has 0 spiro atoms. The summed E-state index contributed by atoms with van der Waals surface area (Å²) in [5.74, 6) is -0.399. The third-order valence-corrected chi connectivity index (χ3v) is 3.60. The van der Waals surface area contributed by atoms with E-state index in [1.807, 2.05) is 31.2 Å². The Hall–Kier alpha value is -1.09. The second-order valence-electron chi connectivity index (χ2n) is 4.37. The van der Waals surface area contributed by atoms with Crippen LogP contribution in [-0.4, -0.2) is 0 Å². The molecule has 0 unspecified atom stereocenters. The van der Waals surface area contributed by atoms with Crippen molar-refractivity contribution in [3.05, 3.63) is 69.5 Å². The topological polar surface area (TPSA) is 12.0 Å². The van der Waals surface area contributed by atoms with E-state index in [-0.39, 0.29) is 11.1 Å². The van der Waals surface area contributed by atoms with Gasteiger partial charge in [-0.25, -0.2) is 4.39 Å². The smallest absolute Gasteiger partial charge is 0.141 e. The first-order valence-corrected chi connectivity index (χ1v) is 6.75. The monoisotopic (exact) mass is 297 g/mol. The van der Waals surface area contributed by atoms with Gasteiger partial charge < -0.3 is 5.32 Å². The summed E-state index contributed by atoms with van der Waals surface area (Å²) in [5, 5.41) is 4.22. The summed E-state index contributed by atoms with van der Waals surface area (Å²) < 4.78 is 13.0. The minimum atomic E-state index is -0.399. The Balaban J connectivity index is 2.02. The highest BCUT2D eigenvalue weighted by atomic mass is 35.5. The van der Waals surface area contributed by atoms with Crippen molar-refractivity contribution in [2.45, 2.75) is 19.5 Å². The quantitative estimate of drug-likeness (QED) is 0.839. The van der Waals surface area contributed by atoms with Crippen LogP contribution in [0.1, 0.15) is 24.1 Å². The van der Waals surface area contributed by atoms with Crippen LogP contribution in [0.2, 0.25) is 10.0 Å². The van der Waals surface area contributed by atoms with Crippen molar-refractivity contribution < 1.29 is 4.39 Å². The van der Waals surface area contributed by atoms with Crippen molar-refractivity contribution in [1.29, 1.82) is 0 Å². The minimum Gasteiger partial charge on any atom is -0.306 e. The predicted octanol–water partition coefficient (Wildman–Crippen LogP) is 4.98. The summed E-state index contributed by atoms with van der Waals surface area (Å²) in [6.07, 6.45) is 0. The summed E-state index contributed by atoms with van der Waals surface area (Å²) in [6.45, 7) is 2.64. The summed E-state index contributed by atoms with van der Waals surface area (Å²) in [7, 11) is 0. The summed E-state index contributed by atoms with van der Waals surface area (Å²) in [4.78, 5) is 0. The first kappa shape index (κ1) is 14.3. The fraction of sp³-hybridized carbons (Fsp3) is 0.200. The molecule has 0 aromatic heterocycles. The zero-order chi connectivity index (χ0) is 13.8. The normalized spacial score (nSPS) is 12.4. The number of rotatable bonds is 4. The molecule has 0 bridgehead atoms. The Morgan fingerprint density at radius 3 is 2.53 bits per heavy atom. The number of nitrogens with one attached hydrogen (secondary N) is 1. The Morgan fingerprint density at radius 1 is 1.11 bits per heavy atom. The number of hydrogen-bond acceptors (Lipinski definition) is 1. The maximum absolute atomic E-state index is 13.0. The lowest BCUT2D eigenvalue weighted by molar-refractivity contribution is 0.573. The fourth-order valence-electron chi connectivity index (χ4n) is 1.86. The van der Waals surface area contributed by atoms with Gasteiger partial charge in [0, 0.05) is 17.6 Å². The van der Waals surface area contributed by atoms with Gasteiger partial charge in [0.1, 0.15) is 5.82 Å². The van der Waals surface area contributed by atoms with Gasteiger partial charge in [-0.3, -0.25) is 0 Å². The minimum absolute atomic E-state index is 0.109. The second kappa shape index (κ2) is 6.38. The molecule has 1 nitrogen and oxygen atoms in total. The molecule has 2 aromatic carbocycles. The first-order valence-electron chi connectivity index (χ1n) is 5.99. The van der Waals surface area contributed by atoms with Gasteiger partial charge in [0.2, 0.25) is 0 Å². The highest BCUT2D eigenvalue weighted by Gasteiger charge is 2.08. The van der Waals surface area contributed by atoms with Gasteiger partial charge >= 0.3 is 0 Å². The van der Waals surface area contributed by atoms with Gasteiger partial charge in [0.15, 0.2) is 0 Å². The number of benzene rings is 2. The molecule has 0 fully saturated rings. The fourth-order valence-corrected chi connectivity index (χ4v) is 2.36.